The van der Waals surface area contributed by atoms with Gasteiger partial charge in [-0.25, -0.2) is 13.6 Å². The molecule has 1 aromatic rings. The number of amidine groups is 1. The first-order valence-electron chi connectivity index (χ1n) is 13.2. The van der Waals surface area contributed by atoms with Gasteiger partial charge in [-0.2, -0.15) is 0 Å². The number of rotatable bonds is 11. The van der Waals surface area contributed by atoms with Crippen LogP contribution in [0.15, 0.2) is 64.2 Å². The Kier molecular flexibility index (Phi) is 13.7. The summed E-state index contributed by atoms with van der Waals surface area (Å²) in [6.07, 6.45) is 6.62. The van der Waals surface area contributed by atoms with Crippen LogP contribution in [0.2, 0.25) is 5.02 Å². The number of primary amides is 1. The van der Waals surface area contributed by atoms with E-state index in [4.69, 9.17) is 27.7 Å². The molecule has 10 heteroatoms. The van der Waals surface area contributed by atoms with Gasteiger partial charge < -0.3 is 21.4 Å². The Morgan fingerprint density at radius 3 is 2.67 bits per heavy atom. The first-order chi connectivity index (χ1) is 18.6. The lowest BCUT2D eigenvalue weighted by Crippen LogP contribution is -2.42. The van der Waals surface area contributed by atoms with Crippen molar-refractivity contribution in [3.8, 4) is 0 Å². The normalized spacial score (nSPS) is 19.3. The van der Waals surface area contributed by atoms with E-state index in [0.29, 0.717) is 31.1 Å². The van der Waals surface area contributed by atoms with E-state index >= 15 is 0 Å². The van der Waals surface area contributed by atoms with E-state index < -0.39 is 12.2 Å². The minimum absolute atomic E-state index is 0.174. The Bertz CT molecular complexity index is 1080. The largest absolute Gasteiger partial charge is 0.352 e. The molecule has 3 rings (SSSR count). The zero-order chi connectivity index (χ0) is 28.9. The van der Waals surface area contributed by atoms with Crippen molar-refractivity contribution in [2.24, 2.45) is 22.6 Å². The Hall–Kier alpha value is -2.65. The van der Waals surface area contributed by atoms with Gasteiger partial charge in [0, 0.05) is 24.4 Å². The van der Waals surface area contributed by atoms with Gasteiger partial charge in [-0.15, -0.1) is 11.8 Å². The van der Waals surface area contributed by atoms with Crippen molar-refractivity contribution < 1.29 is 13.6 Å². The molecule has 6 nitrogen and oxygen atoms in total. The van der Waals surface area contributed by atoms with E-state index in [1.165, 1.54) is 19.1 Å². The second-order valence-electron chi connectivity index (χ2n) is 9.68. The Morgan fingerprint density at radius 2 is 2.10 bits per heavy atom. The van der Waals surface area contributed by atoms with Crippen LogP contribution in [0.3, 0.4) is 0 Å². The number of allylic oxidation sites excluding steroid dienone is 4. The number of alkyl halides is 1. The molecule has 2 aliphatic heterocycles. The smallest absolute Gasteiger partial charge is 0.312 e. The number of carbonyl (C=O) groups excluding carboxylic acids is 1. The number of aliphatic imine (C=N–C) groups is 1. The van der Waals surface area contributed by atoms with Crippen LogP contribution < -0.4 is 11.1 Å². The van der Waals surface area contributed by atoms with E-state index in [2.05, 4.69) is 29.5 Å². The first kappa shape index (κ1) is 32.6. The molecule has 0 radical (unpaired) electrons. The summed E-state index contributed by atoms with van der Waals surface area (Å²) < 4.78 is 25.3. The van der Waals surface area contributed by atoms with Gasteiger partial charge in [-0.1, -0.05) is 56.2 Å². The van der Waals surface area contributed by atoms with Crippen LogP contribution in [0.25, 0.3) is 0 Å². The first-order valence-corrected chi connectivity index (χ1v) is 14.5. The van der Waals surface area contributed by atoms with E-state index in [-0.39, 0.29) is 22.0 Å². The van der Waals surface area contributed by atoms with Crippen molar-refractivity contribution in [3.05, 3.63) is 70.0 Å². The summed E-state index contributed by atoms with van der Waals surface area (Å²) in [4.78, 5) is 18.4. The summed E-state index contributed by atoms with van der Waals surface area (Å²) in [5.41, 5.74) is 7.64. The summed E-state index contributed by atoms with van der Waals surface area (Å²) in [7, 11) is 0. The lowest BCUT2D eigenvalue weighted by Gasteiger charge is -2.35. The molecule has 2 aliphatic rings. The lowest BCUT2D eigenvalue weighted by atomic mass is 9.99. The van der Waals surface area contributed by atoms with Gasteiger partial charge in [0.1, 0.15) is 17.8 Å². The number of hydrogen-bond acceptors (Lipinski definition) is 5. The van der Waals surface area contributed by atoms with Crippen molar-refractivity contribution in [2.75, 3.05) is 19.6 Å². The molecule has 4 atom stereocenters. The average molecular weight is 580 g/mol. The van der Waals surface area contributed by atoms with Crippen molar-refractivity contribution >= 4 is 40.9 Å². The minimum Gasteiger partial charge on any atom is -0.352 e. The quantitative estimate of drug-likeness (QED) is 0.243. The fraction of sp³-hybridized carbons (Fsp3) is 0.483. The summed E-state index contributed by atoms with van der Waals surface area (Å²) in [6, 6.07) is 5.59. The van der Waals surface area contributed by atoms with Gasteiger partial charge >= 0.3 is 6.03 Å². The predicted octanol–water partition coefficient (Wildman–Crippen LogP) is 7.13. The molecule has 2 heterocycles. The van der Waals surface area contributed by atoms with Gasteiger partial charge in [0.25, 0.3) is 0 Å². The maximum absolute atomic E-state index is 13.1. The number of hydrogen-bond donors (Lipinski definition) is 3. The van der Waals surface area contributed by atoms with E-state index in [1.807, 2.05) is 13.0 Å². The molecule has 4 N–H and O–H groups in total. The average Bonchev–Trinajstić information content (AvgIpc) is 3.33. The summed E-state index contributed by atoms with van der Waals surface area (Å²) in [5.74, 6) is 1.32. The third kappa shape index (κ3) is 10.1. The van der Waals surface area contributed by atoms with Gasteiger partial charge in [-0.3, -0.25) is 4.99 Å². The molecule has 1 fully saturated rings. The molecule has 0 bridgehead atoms. The molecular weight excluding hydrogens is 540 g/mol. The van der Waals surface area contributed by atoms with Crippen LogP contribution in [0, 0.1) is 23.1 Å². The van der Waals surface area contributed by atoms with Crippen molar-refractivity contribution in [3.63, 3.8) is 0 Å². The summed E-state index contributed by atoms with van der Waals surface area (Å²) in [5, 5.41) is 13.8. The van der Waals surface area contributed by atoms with E-state index in [1.54, 1.807) is 36.0 Å². The molecule has 214 valence electrons. The van der Waals surface area contributed by atoms with Crippen LogP contribution >= 0.6 is 23.4 Å². The third-order valence-corrected chi connectivity index (χ3v) is 8.21. The standard InChI is InChI=1S/C23H36FN5OS.C6H4ClF/c1-5-10-31-21(15(3)6-2)22-27-13-18(19(25)9-7-8-16(4)24)20-11-17(14-29(20)22)12-28-23(26)30;7-5-3-1-2-4-6(5)8/h5,7,9-10,15-17,21,25H,6,8,11-14H2,1-4H3,(H3,26,28,30);1-4H/b9-7-,10-5-,25-19?;. The maximum Gasteiger partial charge on any atom is 0.312 e. The molecular formula is C29H40ClF2N5OS. The number of nitrogens with zero attached hydrogens (tertiary/aromatic N) is 2. The lowest BCUT2D eigenvalue weighted by molar-refractivity contribution is 0.247. The number of amides is 2. The summed E-state index contributed by atoms with van der Waals surface area (Å²) in [6.45, 7) is 9.64. The highest BCUT2D eigenvalue weighted by atomic mass is 35.5. The number of urea groups is 1. The van der Waals surface area contributed by atoms with Gasteiger partial charge in [0.05, 0.1) is 22.5 Å². The molecule has 1 aromatic carbocycles. The fourth-order valence-corrected chi connectivity index (χ4v) is 5.52. The maximum atomic E-state index is 13.1. The van der Waals surface area contributed by atoms with Crippen molar-refractivity contribution in [1.29, 1.82) is 5.41 Å². The molecule has 39 heavy (non-hydrogen) atoms. The van der Waals surface area contributed by atoms with Crippen LogP contribution in [0.4, 0.5) is 13.6 Å². The monoisotopic (exact) mass is 579 g/mol. The minimum atomic E-state index is -0.926. The van der Waals surface area contributed by atoms with Gasteiger partial charge in [0.2, 0.25) is 0 Å². The van der Waals surface area contributed by atoms with Crippen LogP contribution in [-0.4, -0.2) is 53.5 Å². The Labute approximate surface area is 240 Å². The number of halogens is 3. The second kappa shape index (κ2) is 16.5. The molecule has 0 aliphatic carbocycles. The fourth-order valence-electron chi connectivity index (χ4n) is 4.28. The molecule has 0 aromatic heterocycles. The zero-order valence-corrected chi connectivity index (χ0v) is 24.7. The van der Waals surface area contributed by atoms with Crippen LogP contribution in [-0.2, 0) is 0 Å². The number of nitrogens with two attached hydrogens (primary N) is 1. The predicted molar refractivity (Wildman–Crippen MR) is 161 cm³/mol. The van der Waals surface area contributed by atoms with Gasteiger partial charge in [0.15, 0.2) is 0 Å². The molecule has 0 spiro atoms. The highest BCUT2D eigenvalue weighted by Crippen LogP contribution is 2.37. The molecule has 1 saturated heterocycles. The van der Waals surface area contributed by atoms with E-state index in [0.717, 1.165) is 36.5 Å². The molecule has 0 saturated carbocycles. The Balaban J connectivity index is 0.000000568. The number of nitrogens with one attached hydrogen (secondary N) is 2. The molecule has 4 unspecified atom stereocenters. The van der Waals surface area contributed by atoms with Gasteiger partial charge in [-0.05, 0) is 62.1 Å². The van der Waals surface area contributed by atoms with Crippen molar-refractivity contribution in [1.82, 2.24) is 10.2 Å². The number of thioether (sulfide) groups is 1. The SMILES string of the molecule is C/C=C\SC(C1=NCC(C(=N)/C=C\CC(C)F)=C2CC(CNC(N)=O)CN12)C(C)CC.Fc1ccccc1Cl. The number of fused-ring (bicyclic) bond motifs is 1. The molecule has 2 amide bonds. The van der Waals surface area contributed by atoms with Crippen molar-refractivity contribution in [2.45, 2.75) is 58.4 Å². The van der Waals surface area contributed by atoms with Crippen LogP contribution in [0.1, 0.15) is 47.0 Å². The summed E-state index contributed by atoms with van der Waals surface area (Å²) >= 11 is 7.11. The zero-order valence-electron chi connectivity index (χ0n) is 23.1. The number of benzene rings is 1. The topological polar surface area (TPSA) is 94.6 Å². The van der Waals surface area contributed by atoms with Crippen LogP contribution in [0.5, 0.6) is 0 Å². The highest BCUT2D eigenvalue weighted by molar-refractivity contribution is 8.03. The second-order valence-corrected chi connectivity index (χ2v) is 11.1. The van der Waals surface area contributed by atoms with E-state index in [9.17, 15) is 13.6 Å². The number of carbonyl (C=O) groups is 1. The third-order valence-electron chi connectivity index (χ3n) is 6.51. The highest BCUT2D eigenvalue weighted by Gasteiger charge is 2.38. The Morgan fingerprint density at radius 1 is 1.38 bits per heavy atom.